The number of fused-ring (bicyclic) bond motifs is 1. The van der Waals surface area contributed by atoms with E-state index in [1.165, 1.54) is 22.7 Å². The molecule has 0 bridgehead atoms. The number of urea groups is 1. The predicted molar refractivity (Wildman–Crippen MR) is 212 cm³/mol. The molecule has 3 amide bonds. The summed E-state index contributed by atoms with van der Waals surface area (Å²) in [6.07, 6.45) is 6.41. The summed E-state index contributed by atoms with van der Waals surface area (Å²) >= 11 is 0. The SMILES string of the molecule is CC[C@H](C)[C@@H](C(=O)N[C@@H](Cc1ccccc1)[C@H](O)CN(CC1CCCC1)S(=O)(=O)c1ccc(/C=N/O)cc1)N1CCN(Cc2ccc3cccnc3c2)C1=O. The maximum atomic E-state index is 14.5. The predicted octanol–water partition coefficient (Wildman–Crippen LogP) is 5.66. The van der Waals surface area contributed by atoms with Crippen LogP contribution in [0.1, 0.15) is 62.6 Å². The van der Waals surface area contributed by atoms with Crippen LogP contribution in [-0.4, -0.2) is 100 Å². The van der Waals surface area contributed by atoms with E-state index in [0.29, 0.717) is 31.6 Å². The summed E-state index contributed by atoms with van der Waals surface area (Å²) in [7, 11) is -4.06. The van der Waals surface area contributed by atoms with Crippen LogP contribution in [0.15, 0.2) is 101 Å². The Labute approximate surface area is 323 Å². The second-order valence-corrected chi connectivity index (χ2v) is 16.9. The number of carbonyl (C=O) groups is 2. The molecule has 6 rings (SSSR count). The van der Waals surface area contributed by atoms with E-state index in [-0.39, 0.29) is 48.2 Å². The molecular formula is C42H52N6O6S. The second-order valence-electron chi connectivity index (χ2n) is 14.9. The average Bonchev–Trinajstić information content (AvgIpc) is 3.84. The Kier molecular flexibility index (Phi) is 13.2. The largest absolute Gasteiger partial charge is 0.411 e. The van der Waals surface area contributed by atoms with Crippen molar-refractivity contribution < 1.29 is 28.3 Å². The van der Waals surface area contributed by atoms with Crippen LogP contribution in [0.3, 0.4) is 0 Å². The van der Waals surface area contributed by atoms with E-state index in [1.54, 1.807) is 28.1 Å². The molecule has 0 spiro atoms. The zero-order valence-electron chi connectivity index (χ0n) is 31.6. The molecule has 3 aromatic carbocycles. The number of oxime groups is 1. The molecule has 2 heterocycles. The Morgan fingerprint density at radius 2 is 1.76 bits per heavy atom. The number of carbonyl (C=O) groups excluding carboxylic acids is 2. The molecule has 2 aliphatic rings. The summed E-state index contributed by atoms with van der Waals surface area (Å²) in [5.74, 6) is -0.429. The van der Waals surface area contributed by atoms with Gasteiger partial charge in [-0.1, -0.05) is 98.9 Å². The lowest BCUT2D eigenvalue weighted by atomic mass is 9.95. The van der Waals surface area contributed by atoms with E-state index in [2.05, 4.69) is 15.5 Å². The highest BCUT2D eigenvalue weighted by atomic mass is 32.2. The number of rotatable bonds is 17. The number of aliphatic hydroxyl groups is 1. The van der Waals surface area contributed by atoms with Crippen molar-refractivity contribution in [3.05, 3.63) is 108 Å². The number of hydrogen-bond donors (Lipinski definition) is 3. The third-order valence-electron chi connectivity index (χ3n) is 11.1. The number of nitrogens with zero attached hydrogens (tertiary/aromatic N) is 5. The van der Waals surface area contributed by atoms with Gasteiger partial charge < -0.3 is 25.4 Å². The fourth-order valence-electron chi connectivity index (χ4n) is 7.82. The first-order valence-electron chi connectivity index (χ1n) is 19.3. The molecule has 13 heteroatoms. The fourth-order valence-corrected chi connectivity index (χ4v) is 9.35. The Bertz CT molecular complexity index is 2040. The van der Waals surface area contributed by atoms with Crippen molar-refractivity contribution in [2.75, 3.05) is 26.2 Å². The third-order valence-corrected chi connectivity index (χ3v) is 12.9. The van der Waals surface area contributed by atoms with Gasteiger partial charge in [0.15, 0.2) is 0 Å². The summed E-state index contributed by atoms with van der Waals surface area (Å²) in [5, 5.41) is 28.1. The number of pyridine rings is 1. The molecule has 4 atom stereocenters. The Hall–Kier alpha value is -4.85. The van der Waals surface area contributed by atoms with Gasteiger partial charge in [0.2, 0.25) is 15.9 Å². The highest BCUT2D eigenvalue weighted by Gasteiger charge is 2.41. The number of aromatic nitrogens is 1. The molecule has 1 aliphatic heterocycles. The lowest BCUT2D eigenvalue weighted by Gasteiger charge is -2.35. The lowest BCUT2D eigenvalue weighted by Crippen LogP contribution is -2.57. The molecule has 1 saturated heterocycles. The quantitative estimate of drug-likeness (QED) is 0.0711. The van der Waals surface area contributed by atoms with Gasteiger partial charge in [0.25, 0.3) is 0 Å². The maximum Gasteiger partial charge on any atom is 0.321 e. The smallest absolute Gasteiger partial charge is 0.321 e. The lowest BCUT2D eigenvalue weighted by molar-refractivity contribution is -0.128. The minimum absolute atomic E-state index is 0.0605. The van der Waals surface area contributed by atoms with Crippen molar-refractivity contribution in [2.45, 2.75) is 82.0 Å². The van der Waals surface area contributed by atoms with Gasteiger partial charge in [-0.05, 0) is 72.1 Å². The standard InChI is InChI=1S/C42H52N6O6S/c1-3-30(2)40(48-23-22-46(42(48)51)27-34-15-18-35-14-9-21-43-37(35)25-34)41(50)45-38(24-31-10-5-4-6-11-31)39(49)29-47(28-33-12-7-8-13-33)55(53,54)36-19-16-32(17-20-36)26-44-52/h4-6,9-11,14-21,25-26,30,33,38-40,49,52H,3,7-8,12-13,22-24,27-29H2,1-2H3,(H,45,50)/b44-26+/t30-,38-,39+,40-/m0/s1. The Balaban J connectivity index is 1.23. The zero-order valence-corrected chi connectivity index (χ0v) is 32.4. The van der Waals surface area contributed by atoms with Crippen LogP contribution in [0.4, 0.5) is 4.79 Å². The second kappa shape index (κ2) is 18.2. The van der Waals surface area contributed by atoms with Crippen LogP contribution in [0.5, 0.6) is 0 Å². The number of hydrogen-bond acceptors (Lipinski definition) is 8. The first-order chi connectivity index (χ1) is 26.6. The van der Waals surface area contributed by atoms with E-state index in [0.717, 1.165) is 47.7 Å². The van der Waals surface area contributed by atoms with E-state index < -0.39 is 28.2 Å². The molecule has 55 heavy (non-hydrogen) atoms. The molecule has 4 aromatic rings. The van der Waals surface area contributed by atoms with Gasteiger partial charge >= 0.3 is 6.03 Å². The monoisotopic (exact) mass is 768 g/mol. The van der Waals surface area contributed by atoms with Gasteiger partial charge in [-0.2, -0.15) is 4.31 Å². The molecule has 292 valence electrons. The van der Waals surface area contributed by atoms with Crippen LogP contribution < -0.4 is 5.32 Å². The molecule has 1 aromatic heterocycles. The van der Waals surface area contributed by atoms with E-state index >= 15 is 0 Å². The number of amides is 3. The molecule has 1 aliphatic carbocycles. The highest BCUT2D eigenvalue weighted by molar-refractivity contribution is 7.89. The van der Waals surface area contributed by atoms with Crippen molar-refractivity contribution in [2.24, 2.45) is 17.0 Å². The van der Waals surface area contributed by atoms with Gasteiger partial charge in [0.1, 0.15) is 6.04 Å². The Morgan fingerprint density at radius 3 is 2.47 bits per heavy atom. The number of sulfonamides is 1. The summed E-state index contributed by atoms with van der Waals surface area (Å²) < 4.78 is 29.7. The van der Waals surface area contributed by atoms with E-state index in [9.17, 15) is 23.1 Å². The van der Waals surface area contributed by atoms with Gasteiger partial charge in [-0.3, -0.25) is 9.78 Å². The van der Waals surface area contributed by atoms with Gasteiger partial charge in [0.05, 0.1) is 28.8 Å². The fraction of sp³-hybridized carbons (Fsp3) is 0.429. The summed E-state index contributed by atoms with van der Waals surface area (Å²) in [6, 6.07) is 23.5. The molecule has 12 nitrogen and oxygen atoms in total. The van der Waals surface area contributed by atoms with Crippen LogP contribution in [0.2, 0.25) is 0 Å². The van der Waals surface area contributed by atoms with Gasteiger partial charge in [0, 0.05) is 44.3 Å². The van der Waals surface area contributed by atoms with Gasteiger partial charge in [-0.15, -0.1) is 0 Å². The molecule has 0 radical (unpaired) electrons. The van der Waals surface area contributed by atoms with Crippen LogP contribution in [0.25, 0.3) is 10.9 Å². The first kappa shape index (κ1) is 39.8. The topological polar surface area (TPSA) is 156 Å². The van der Waals surface area contributed by atoms with Crippen LogP contribution in [0, 0.1) is 11.8 Å². The average molecular weight is 769 g/mol. The molecule has 1 saturated carbocycles. The van der Waals surface area contributed by atoms with Crippen LogP contribution in [-0.2, 0) is 27.8 Å². The van der Waals surface area contributed by atoms with Crippen molar-refractivity contribution in [1.82, 2.24) is 24.4 Å². The molecule has 3 N–H and O–H groups in total. The summed E-state index contributed by atoms with van der Waals surface area (Å²) in [4.78, 5) is 36.3. The van der Waals surface area contributed by atoms with E-state index in [4.69, 9.17) is 5.21 Å². The minimum Gasteiger partial charge on any atom is -0.411 e. The Morgan fingerprint density at radius 1 is 1.02 bits per heavy atom. The molecule has 2 fully saturated rings. The van der Waals surface area contributed by atoms with E-state index in [1.807, 2.05) is 74.5 Å². The normalized spacial score (nSPS) is 17.6. The number of nitrogens with one attached hydrogen (secondary N) is 1. The number of aliphatic hydroxyl groups excluding tert-OH is 1. The molecular weight excluding hydrogens is 717 g/mol. The van der Waals surface area contributed by atoms with Crippen molar-refractivity contribution in [1.29, 1.82) is 0 Å². The van der Waals surface area contributed by atoms with Crippen molar-refractivity contribution in [3.8, 4) is 0 Å². The van der Waals surface area contributed by atoms with Crippen molar-refractivity contribution >= 4 is 39.1 Å². The maximum absolute atomic E-state index is 14.5. The number of benzene rings is 3. The molecule has 0 unspecified atom stereocenters. The third kappa shape index (κ3) is 9.70. The first-order valence-corrected chi connectivity index (χ1v) is 20.7. The zero-order chi connectivity index (χ0) is 39.0. The van der Waals surface area contributed by atoms with Crippen molar-refractivity contribution in [3.63, 3.8) is 0 Å². The van der Waals surface area contributed by atoms with Crippen LogP contribution >= 0.6 is 0 Å². The van der Waals surface area contributed by atoms with Gasteiger partial charge in [-0.25, -0.2) is 13.2 Å². The summed E-state index contributed by atoms with van der Waals surface area (Å²) in [6.45, 7) is 5.15. The minimum atomic E-state index is -4.06. The highest BCUT2D eigenvalue weighted by Crippen LogP contribution is 2.29. The summed E-state index contributed by atoms with van der Waals surface area (Å²) in [5.41, 5.74) is 3.20.